The fourth-order valence-corrected chi connectivity index (χ4v) is 2.12. The van der Waals surface area contributed by atoms with Crippen molar-refractivity contribution in [3.63, 3.8) is 0 Å². The fourth-order valence-electron chi connectivity index (χ4n) is 2.12. The van der Waals surface area contributed by atoms with E-state index in [1.165, 1.54) is 6.07 Å². The van der Waals surface area contributed by atoms with Crippen molar-refractivity contribution in [3.05, 3.63) is 65.5 Å². The maximum absolute atomic E-state index is 13.4. The second-order valence-corrected chi connectivity index (χ2v) is 4.61. The highest BCUT2D eigenvalue weighted by molar-refractivity contribution is 5.32. The summed E-state index contributed by atoms with van der Waals surface area (Å²) in [5.41, 5.74) is 2.09. The highest BCUT2D eigenvalue weighted by atomic mass is 19.1. The Morgan fingerprint density at radius 2 is 1.85 bits per heavy atom. The molecule has 0 radical (unpaired) electrons. The molecule has 0 bridgehead atoms. The van der Waals surface area contributed by atoms with Crippen LogP contribution in [0.4, 0.5) is 4.39 Å². The van der Waals surface area contributed by atoms with Crippen molar-refractivity contribution in [3.8, 4) is 11.8 Å². The number of rotatable bonds is 5. The van der Waals surface area contributed by atoms with E-state index in [1.54, 1.807) is 18.2 Å². The van der Waals surface area contributed by atoms with E-state index in [-0.39, 0.29) is 17.5 Å². The smallest absolute Gasteiger partial charge is 0.165 e. The molecule has 0 heterocycles. The number of benzene rings is 2. The van der Waals surface area contributed by atoms with Crippen LogP contribution in [0.2, 0.25) is 0 Å². The van der Waals surface area contributed by atoms with Crippen LogP contribution in [-0.2, 0) is 0 Å². The lowest BCUT2D eigenvalue weighted by atomic mass is 9.94. The molecule has 0 spiro atoms. The Kier molecular flexibility index (Phi) is 4.73. The summed E-state index contributed by atoms with van der Waals surface area (Å²) in [5.74, 6) is -0.381. The number of hydrogen-bond donors (Lipinski definition) is 0. The molecule has 0 amide bonds. The van der Waals surface area contributed by atoms with Crippen LogP contribution in [0.1, 0.15) is 23.5 Å². The van der Waals surface area contributed by atoms with Gasteiger partial charge in [0.25, 0.3) is 0 Å². The summed E-state index contributed by atoms with van der Waals surface area (Å²) in [6.45, 7) is 2.30. The molecule has 1 unspecified atom stereocenters. The van der Waals surface area contributed by atoms with Crippen molar-refractivity contribution in [2.24, 2.45) is 0 Å². The first kappa shape index (κ1) is 14.1. The third kappa shape index (κ3) is 3.36. The van der Waals surface area contributed by atoms with E-state index in [0.29, 0.717) is 13.0 Å². The van der Waals surface area contributed by atoms with Crippen molar-refractivity contribution in [1.29, 1.82) is 5.26 Å². The van der Waals surface area contributed by atoms with Crippen LogP contribution < -0.4 is 4.74 Å². The van der Waals surface area contributed by atoms with Gasteiger partial charge in [-0.15, -0.1) is 0 Å². The van der Waals surface area contributed by atoms with Crippen molar-refractivity contribution in [2.75, 3.05) is 6.61 Å². The number of ether oxygens (including phenoxy) is 1. The van der Waals surface area contributed by atoms with E-state index < -0.39 is 0 Å². The maximum Gasteiger partial charge on any atom is 0.165 e. The SMILES string of the molecule is Cc1ccccc1C(C#N)CCOc1ccccc1F. The van der Waals surface area contributed by atoms with Gasteiger partial charge in [0.2, 0.25) is 0 Å². The summed E-state index contributed by atoms with van der Waals surface area (Å²) < 4.78 is 18.8. The van der Waals surface area contributed by atoms with Gasteiger partial charge in [-0.2, -0.15) is 5.26 Å². The van der Waals surface area contributed by atoms with E-state index in [9.17, 15) is 9.65 Å². The molecule has 0 saturated carbocycles. The molecular weight excluding hydrogens is 253 g/mol. The molecule has 0 N–H and O–H groups in total. The van der Waals surface area contributed by atoms with Crippen molar-refractivity contribution >= 4 is 0 Å². The third-order valence-corrected chi connectivity index (χ3v) is 3.22. The van der Waals surface area contributed by atoms with Gasteiger partial charge in [-0.25, -0.2) is 4.39 Å². The predicted molar refractivity (Wildman–Crippen MR) is 76.0 cm³/mol. The zero-order valence-electron chi connectivity index (χ0n) is 11.3. The molecule has 0 aromatic heterocycles. The monoisotopic (exact) mass is 269 g/mol. The second-order valence-electron chi connectivity index (χ2n) is 4.61. The molecule has 2 aromatic carbocycles. The average Bonchev–Trinajstić information content (AvgIpc) is 2.46. The van der Waals surface area contributed by atoms with Gasteiger partial charge >= 0.3 is 0 Å². The Labute approximate surface area is 118 Å². The standard InChI is InChI=1S/C17H16FNO/c1-13-6-2-3-7-15(13)14(12-19)10-11-20-17-9-5-4-8-16(17)18/h2-9,14H,10-11H2,1H3. The first-order valence-electron chi connectivity index (χ1n) is 6.55. The summed E-state index contributed by atoms with van der Waals surface area (Å²) in [5, 5.41) is 9.28. The molecular formula is C17H16FNO. The quantitative estimate of drug-likeness (QED) is 0.814. The largest absolute Gasteiger partial charge is 0.490 e. The van der Waals surface area contributed by atoms with Crippen molar-refractivity contribution in [1.82, 2.24) is 0 Å². The van der Waals surface area contributed by atoms with Crippen molar-refractivity contribution in [2.45, 2.75) is 19.3 Å². The Morgan fingerprint density at radius 3 is 2.55 bits per heavy atom. The Hall–Kier alpha value is -2.34. The summed E-state index contributed by atoms with van der Waals surface area (Å²) in [4.78, 5) is 0. The number of nitrogens with zero attached hydrogens (tertiary/aromatic N) is 1. The molecule has 0 aliphatic rings. The van der Waals surface area contributed by atoms with Gasteiger partial charge in [-0.1, -0.05) is 36.4 Å². The lowest BCUT2D eigenvalue weighted by Gasteiger charge is -2.13. The highest BCUT2D eigenvalue weighted by Crippen LogP contribution is 2.23. The van der Waals surface area contributed by atoms with Crippen LogP contribution in [0.25, 0.3) is 0 Å². The molecule has 2 rings (SSSR count). The van der Waals surface area contributed by atoms with Crippen LogP contribution in [0.5, 0.6) is 5.75 Å². The molecule has 2 nitrogen and oxygen atoms in total. The van der Waals surface area contributed by atoms with Gasteiger partial charge < -0.3 is 4.74 Å². The third-order valence-electron chi connectivity index (χ3n) is 3.22. The van der Waals surface area contributed by atoms with E-state index in [2.05, 4.69) is 6.07 Å². The molecule has 0 aliphatic carbocycles. The predicted octanol–water partition coefficient (Wildman–Crippen LogP) is 4.21. The number of hydrogen-bond acceptors (Lipinski definition) is 2. The highest BCUT2D eigenvalue weighted by Gasteiger charge is 2.13. The second kappa shape index (κ2) is 6.72. The number of para-hydroxylation sites is 1. The molecule has 2 aromatic rings. The number of aryl methyl sites for hydroxylation is 1. The Balaban J connectivity index is 1.98. The van der Waals surface area contributed by atoms with Crippen LogP contribution in [-0.4, -0.2) is 6.61 Å². The molecule has 0 saturated heterocycles. The van der Waals surface area contributed by atoms with Gasteiger partial charge in [-0.05, 0) is 30.2 Å². The Bertz CT molecular complexity index is 618. The van der Waals surface area contributed by atoms with Crippen molar-refractivity contribution < 1.29 is 9.13 Å². The lowest BCUT2D eigenvalue weighted by Crippen LogP contribution is -2.06. The van der Waals surface area contributed by atoms with Crippen LogP contribution in [0.15, 0.2) is 48.5 Å². The van der Waals surface area contributed by atoms with Crippen LogP contribution >= 0.6 is 0 Å². The molecule has 20 heavy (non-hydrogen) atoms. The van der Waals surface area contributed by atoms with E-state index in [4.69, 9.17) is 4.74 Å². The van der Waals surface area contributed by atoms with Gasteiger partial charge in [0, 0.05) is 6.42 Å². The van der Waals surface area contributed by atoms with Gasteiger partial charge in [0.15, 0.2) is 11.6 Å². The first-order valence-corrected chi connectivity index (χ1v) is 6.55. The van der Waals surface area contributed by atoms with Crippen LogP contribution in [0.3, 0.4) is 0 Å². The normalized spacial score (nSPS) is 11.7. The van der Waals surface area contributed by atoms with E-state index in [1.807, 2.05) is 31.2 Å². The van der Waals surface area contributed by atoms with E-state index >= 15 is 0 Å². The zero-order chi connectivity index (χ0) is 14.4. The minimum absolute atomic E-state index is 0.231. The summed E-state index contributed by atoms with van der Waals surface area (Å²) in [6.07, 6.45) is 0.537. The zero-order valence-corrected chi connectivity index (χ0v) is 11.3. The van der Waals surface area contributed by atoms with Gasteiger partial charge in [-0.3, -0.25) is 0 Å². The summed E-state index contributed by atoms with van der Waals surface area (Å²) in [7, 11) is 0. The Morgan fingerprint density at radius 1 is 1.15 bits per heavy atom. The topological polar surface area (TPSA) is 33.0 Å². The summed E-state index contributed by atoms with van der Waals surface area (Å²) >= 11 is 0. The van der Waals surface area contributed by atoms with E-state index in [0.717, 1.165) is 11.1 Å². The average molecular weight is 269 g/mol. The minimum atomic E-state index is -0.378. The molecule has 102 valence electrons. The molecule has 0 aliphatic heterocycles. The van der Waals surface area contributed by atoms with Crippen LogP contribution in [0, 0.1) is 24.1 Å². The fraction of sp³-hybridized carbons (Fsp3) is 0.235. The first-order chi connectivity index (χ1) is 9.72. The number of nitriles is 1. The molecule has 3 heteroatoms. The molecule has 1 atom stereocenters. The lowest BCUT2D eigenvalue weighted by molar-refractivity contribution is 0.291. The minimum Gasteiger partial charge on any atom is -0.490 e. The van der Waals surface area contributed by atoms with Gasteiger partial charge in [0.05, 0.1) is 18.6 Å². The summed E-state index contributed by atoms with van der Waals surface area (Å²) in [6, 6.07) is 16.4. The number of halogens is 1. The molecule has 0 fully saturated rings. The maximum atomic E-state index is 13.4. The van der Waals surface area contributed by atoms with Gasteiger partial charge in [0.1, 0.15) is 0 Å².